The van der Waals surface area contributed by atoms with Crippen LogP contribution in [0.4, 0.5) is 0 Å². The molecule has 21 heavy (non-hydrogen) atoms. The summed E-state index contributed by atoms with van der Waals surface area (Å²) in [5.41, 5.74) is 1.05. The normalized spacial score (nSPS) is 10.4. The first-order chi connectivity index (χ1) is 10.1. The van der Waals surface area contributed by atoms with Gasteiger partial charge in [0.25, 0.3) is 0 Å². The van der Waals surface area contributed by atoms with Gasteiger partial charge in [-0.1, -0.05) is 41.9 Å². The van der Waals surface area contributed by atoms with Crippen molar-refractivity contribution in [3.8, 4) is 0 Å². The van der Waals surface area contributed by atoms with E-state index in [0.717, 1.165) is 11.3 Å². The first-order valence-electron chi connectivity index (χ1n) is 6.81. The Morgan fingerprint density at radius 3 is 2.62 bits per heavy atom. The van der Waals surface area contributed by atoms with E-state index in [1.54, 1.807) is 16.7 Å². The molecule has 0 saturated heterocycles. The molecule has 2 nitrogen and oxygen atoms in total. The molecule has 0 heterocycles. The topological polar surface area (TPSA) is 20.3 Å². The highest BCUT2D eigenvalue weighted by Gasteiger charge is 2.09. The molecule has 0 saturated carbocycles. The molecule has 2 aromatic carbocycles. The van der Waals surface area contributed by atoms with E-state index < -0.39 is 0 Å². The van der Waals surface area contributed by atoms with Crippen LogP contribution in [-0.2, 0) is 11.3 Å². The Balaban J connectivity index is 1.77. The Labute approximate surface area is 135 Å². The van der Waals surface area contributed by atoms with Crippen LogP contribution < -0.4 is 0 Å². The lowest BCUT2D eigenvalue weighted by atomic mass is 10.2. The predicted octanol–water partition coefficient (Wildman–Crippen LogP) is 4.48. The molecule has 0 N–H and O–H groups in total. The van der Waals surface area contributed by atoms with E-state index in [9.17, 15) is 4.79 Å². The van der Waals surface area contributed by atoms with E-state index >= 15 is 0 Å². The minimum Gasteiger partial charge on any atom is -0.341 e. The maximum absolute atomic E-state index is 12.1. The second kappa shape index (κ2) is 8.11. The van der Waals surface area contributed by atoms with Crippen LogP contribution in [-0.4, -0.2) is 23.6 Å². The SMILES string of the molecule is CN(Cc1cccc(Cl)c1)C(=O)CCSc1ccccc1. The van der Waals surface area contributed by atoms with Crippen LogP contribution in [0.3, 0.4) is 0 Å². The van der Waals surface area contributed by atoms with E-state index in [0.29, 0.717) is 18.0 Å². The number of carbonyl (C=O) groups is 1. The van der Waals surface area contributed by atoms with Crippen molar-refractivity contribution in [1.29, 1.82) is 0 Å². The maximum atomic E-state index is 12.1. The Kier molecular flexibility index (Phi) is 6.15. The molecule has 0 aliphatic heterocycles. The maximum Gasteiger partial charge on any atom is 0.223 e. The van der Waals surface area contributed by atoms with Gasteiger partial charge in [0.2, 0.25) is 5.91 Å². The van der Waals surface area contributed by atoms with E-state index in [-0.39, 0.29) is 5.91 Å². The first-order valence-corrected chi connectivity index (χ1v) is 8.18. The molecule has 0 bridgehead atoms. The van der Waals surface area contributed by atoms with Crippen molar-refractivity contribution in [2.24, 2.45) is 0 Å². The molecule has 0 aliphatic rings. The predicted molar refractivity (Wildman–Crippen MR) is 89.7 cm³/mol. The van der Waals surface area contributed by atoms with Crippen molar-refractivity contribution >= 4 is 29.3 Å². The summed E-state index contributed by atoms with van der Waals surface area (Å²) in [6.07, 6.45) is 0.538. The molecule has 4 heteroatoms. The molecule has 0 unspecified atom stereocenters. The van der Waals surface area contributed by atoms with Crippen LogP contribution in [0.1, 0.15) is 12.0 Å². The van der Waals surface area contributed by atoms with E-state index in [2.05, 4.69) is 12.1 Å². The average molecular weight is 320 g/mol. The number of rotatable bonds is 6. The van der Waals surface area contributed by atoms with Gasteiger partial charge in [-0.15, -0.1) is 11.8 Å². The summed E-state index contributed by atoms with van der Waals surface area (Å²) >= 11 is 7.66. The number of hydrogen-bond donors (Lipinski definition) is 0. The summed E-state index contributed by atoms with van der Waals surface area (Å²) in [5.74, 6) is 0.946. The number of hydrogen-bond acceptors (Lipinski definition) is 2. The van der Waals surface area contributed by atoms with Crippen LogP contribution in [0.2, 0.25) is 5.02 Å². The Morgan fingerprint density at radius 1 is 1.14 bits per heavy atom. The van der Waals surface area contributed by atoms with Crippen molar-refractivity contribution in [2.75, 3.05) is 12.8 Å². The molecule has 0 spiro atoms. The van der Waals surface area contributed by atoms with Crippen molar-refractivity contribution in [2.45, 2.75) is 17.9 Å². The lowest BCUT2D eigenvalue weighted by Gasteiger charge is -2.17. The molecule has 0 fully saturated rings. The minimum atomic E-state index is 0.151. The zero-order valence-electron chi connectivity index (χ0n) is 12.0. The first kappa shape index (κ1) is 15.9. The molecule has 0 aliphatic carbocycles. The lowest BCUT2D eigenvalue weighted by Crippen LogP contribution is -2.26. The molecular formula is C17H18ClNOS. The van der Waals surface area contributed by atoms with Crippen molar-refractivity contribution in [3.05, 3.63) is 65.2 Å². The zero-order valence-corrected chi connectivity index (χ0v) is 13.5. The van der Waals surface area contributed by atoms with Gasteiger partial charge in [-0.3, -0.25) is 4.79 Å². The fraction of sp³-hybridized carbons (Fsp3) is 0.235. The van der Waals surface area contributed by atoms with Crippen LogP contribution in [0.15, 0.2) is 59.5 Å². The monoisotopic (exact) mass is 319 g/mol. The van der Waals surface area contributed by atoms with Crippen molar-refractivity contribution in [3.63, 3.8) is 0 Å². The second-order valence-electron chi connectivity index (χ2n) is 4.79. The number of nitrogens with zero attached hydrogens (tertiary/aromatic N) is 1. The Morgan fingerprint density at radius 2 is 1.90 bits per heavy atom. The van der Waals surface area contributed by atoms with Crippen LogP contribution in [0, 0.1) is 0 Å². The zero-order chi connectivity index (χ0) is 15.1. The van der Waals surface area contributed by atoms with E-state index in [4.69, 9.17) is 11.6 Å². The summed E-state index contributed by atoms with van der Waals surface area (Å²) in [5, 5.41) is 0.702. The third-order valence-electron chi connectivity index (χ3n) is 3.06. The van der Waals surface area contributed by atoms with Gasteiger partial charge >= 0.3 is 0 Å². The standard InChI is InChI=1S/C17H18ClNOS/c1-19(13-14-6-5-7-15(18)12-14)17(20)10-11-21-16-8-3-2-4-9-16/h2-9,12H,10-11,13H2,1H3. The number of carbonyl (C=O) groups excluding carboxylic acids is 1. The number of amides is 1. The highest BCUT2D eigenvalue weighted by atomic mass is 35.5. The summed E-state index contributed by atoms with van der Waals surface area (Å²) in [6.45, 7) is 0.593. The summed E-state index contributed by atoms with van der Waals surface area (Å²) in [6, 6.07) is 17.7. The number of thioether (sulfide) groups is 1. The van der Waals surface area contributed by atoms with Crippen LogP contribution >= 0.6 is 23.4 Å². The molecule has 1 amide bonds. The fourth-order valence-corrected chi connectivity index (χ4v) is 3.04. The summed E-state index contributed by atoms with van der Waals surface area (Å²) < 4.78 is 0. The highest BCUT2D eigenvalue weighted by molar-refractivity contribution is 7.99. The van der Waals surface area contributed by atoms with Gasteiger partial charge in [0.05, 0.1) is 0 Å². The molecule has 0 radical (unpaired) electrons. The fourth-order valence-electron chi connectivity index (χ4n) is 1.96. The largest absolute Gasteiger partial charge is 0.341 e. The van der Waals surface area contributed by atoms with Crippen molar-refractivity contribution in [1.82, 2.24) is 4.90 Å². The molecular weight excluding hydrogens is 302 g/mol. The minimum absolute atomic E-state index is 0.151. The van der Waals surface area contributed by atoms with Gasteiger partial charge in [0.15, 0.2) is 0 Å². The van der Waals surface area contributed by atoms with Gasteiger partial charge in [-0.2, -0.15) is 0 Å². The quantitative estimate of drug-likeness (QED) is 0.732. The average Bonchev–Trinajstić information content (AvgIpc) is 2.48. The van der Waals surface area contributed by atoms with Gasteiger partial charge in [0.1, 0.15) is 0 Å². The second-order valence-corrected chi connectivity index (χ2v) is 6.40. The molecule has 2 aromatic rings. The lowest BCUT2D eigenvalue weighted by molar-refractivity contribution is -0.129. The summed E-state index contributed by atoms with van der Waals surface area (Å²) in [7, 11) is 1.83. The van der Waals surface area contributed by atoms with Gasteiger partial charge in [-0.05, 0) is 29.8 Å². The molecule has 2 rings (SSSR count). The van der Waals surface area contributed by atoms with Gasteiger partial charge in [0, 0.05) is 35.7 Å². The summed E-state index contributed by atoms with van der Waals surface area (Å²) in [4.78, 5) is 15.0. The van der Waals surface area contributed by atoms with E-state index in [1.807, 2.05) is 49.5 Å². The van der Waals surface area contributed by atoms with Crippen LogP contribution in [0.5, 0.6) is 0 Å². The van der Waals surface area contributed by atoms with Gasteiger partial charge < -0.3 is 4.90 Å². The number of benzene rings is 2. The molecule has 0 atom stereocenters. The van der Waals surface area contributed by atoms with Gasteiger partial charge in [-0.25, -0.2) is 0 Å². The Hall–Kier alpha value is -1.45. The third-order valence-corrected chi connectivity index (χ3v) is 4.31. The van der Waals surface area contributed by atoms with E-state index in [1.165, 1.54) is 4.90 Å². The third kappa shape index (κ3) is 5.44. The number of halogens is 1. The smallest absolute Gasteiger partial charge is 0.223 e. The van der Waals surface area contributed by atoms with Crippen LogP contribution in [0.25, 0.3) is 0 Å². The van der Waals surface area contributed by atoms with Crippen molar-refractivity contribution < 1.29 is 4.79 Å². The molecule has 0 aromatic heterocycles. The Bertz CT molecular complexity index is 588. The highest BCUT2D eigenvalue weighted by Crippen LogP contribution is 2.18. The molecule has 110 valence electrons.